The summed E-state index contributed by atoms with van der Waals surface area (Å²) in [5, 5.41) is 2.48. The highest BCUT2D eigenvalue weighted by Gasteiger charge is 2.16. The van der Waals surface area contributed by atoms with Crippen LogP contribution in [-0.2, 0) is 0 Å². The summed E-state index contributed by atoms with van der Waals surface area (Å²) in [6.45, 7) is 0. The van der Waals surface area contributed by atoms with Crippen LogP contribution in [0.5, 0.6) is 0 Å². The molecule has 53 heavy (non-hydrogen) atoms. The standard InChI is InChI=1S/C52H37N/c1-4-14-38(15-5-1)40-26-30-48(31-27-40)53(49-32-28-41(29-33-49)39-16-6-2-7-17-39)50-25-13-23-44(35-50)43-22-12-24-47(34-43)52-37-46-21-11-10-20-45(46)36-51(52)42-18-8-3-9-19-42/h1-37H. The van der Waals surface area contributed by atoms with Gasteiger partial charge in [-0.05, 0) is 121 Å². The van der Waals surface area contributed by atoms with E-state index in [0.717, 1.165) is 17.1 Å². The maximum Gasteiger partial charge on any atom is 0.0467 e. The smallest absolute Gasteiger partial charge is 0.0467 e. The van der Waals surface area contributed by atoms with Crippen molar-refractivity contribution in [2.24, 2.45) is 0 Å². The van der Waals surface area contributed by atoms with Gasteiger partial charge in [-0.3, -0.25) is 0 Å². The summed E-state index contributed by atoms with van der Waals surface area (Å²) in [7, 11) is 0. The predicted molar refractivity (Wildman–Crippen MR) is 226 cm³/mol. The molecule has 0 atom stereocenters. The molecule has 0 heterocycles. The van der Waals surface area contributed by atoms with Gasteiger partial charge in [-0.2, -0.15) is 0 Å². The summed E-state index contributed by atoms with van der Waals surface area (Å²) in [5.74, 6) is 0. The third-order valence-corrected chi connectivity index (χ3v) is 10.0. The minimum Gasteiger partial charge on any atom is -0.310 e. The van der Waals surface area contributed by atoms with E-state index in [1.807, 2.05) is 0 Å². The van der Waals surface area contributed by atoms with Crippen molar-refractivity contribution >= 4 is 27.8 Å². The molecule has 0 radical (unpaired) electrons. The van der Waals surface area contributed by atoms with Gasteiger partial charge >= 0.3 is 0 Å². The Morgan fingerprint density at radius 1 is 0.208 bits per heavy atom. The Morgan fingerprint density at radius 2 is 0.585 bits per heavy atom. The van der Waals surface area contributed by atoms with Crippen molar-refractivity contribution in [2.45, 2.75) is 0 Å². The number of hydrogen-bond acceptors (Lipinski definition) is 1. The first-order valence-corrected chi connectivity index (χ1v) is 18.2. The second kappa shape index (κ2) is 14.3. The molecule has 9 aromatic rings. The van der Waals surface area contributed by atoms with Gasteiger partial charge in [0.1, 0.15) is 0 Å². The Labute approximate surface area is 311 Å². The van der Waals surface area contributed by atoms with Crippen molar-refractivity contribution in [3.05, 3.63) is 224 Å². The van der Waals surface area contributed by atoms with E-state index in [1.54, 1.807) is 0 Å². The lowest BCUT2D eigenvalue weighted by molar-refractivity contribution is 1.28. The summed E-state index contributed by atoms with van der Waals surface area (Å²) in [6, 6.07) is 80.8. The maximum atomic E-state index is 2.35. The lowest BCUT2D eigenvalue weighted by Gasteiger charge is -2.26. The largest absolute Gasteiger partial charge is 0.310 e. The third kappa shape index (κ3) is 6.65. The van der Waals surface area contributed by atoms with Crippen molar-refractivity contribution in [3.8, 4) is 55.6 Å². The van der Waals surface area contributed by atoms with Gasteiger partial charge in [-0.15, -0.1) is 0 Å². The SMILES string of the molecule is c1ccc(-c2ccc(N(c3ccc(-c4ccccc4)cc3)c3cccc(-c4cccc(-c5cc6ccccc6cc5-c5ccccc5)c4)c3)cc2)cc1. The second-order valence-corrected chi connectivity index (χ2v) is 13.4. The molecule has 1 heteroatoms. The number of fused-ring (bicyclic) bond motifs is 1. The Hall–Kier alpha value is -6.96. The van der Waals surface area contributed by atoms with E-state index in [1.165, 1.54) is 66.4 Å². The fourth-order valence-electron chi connectivity index (χ4n) is 7.34. The molecule has 0 bridgehead atoms. The Bertz CT molecular complexity index is 2540. The van der Waals surface area contributed by atoms with Crippen LogP contribution in [0, 0.1) is 0 Å². The highest BCUT2D eigenvalue weighted by molar-refractivity contribution is 5.97. The molecule has 0 spiro atoms. The molecular weight excluding hydrogens is 639 g/mol. The number of anilines is 3. The van der Waals surface area contributed by atoms with Crippen LogP contribution >= 0.6 is 0 Å². The third-order valence-electron chi connectivity index (χ3n) is 10.0. The van der Waals surface area contributed by atoms with E-state index in [9.17, 15) is 0 Å². The van der Waals surface area contributed by atoms with Crippen LogP contribution in [0.3, 0.4) is 0 Å². The molecule has 0 fully saturated rings. The molecule has 0 saturated heterocycles. The van der Waals surface area contributed by atoms with E-state index >= 15 is 0 Å². The fourth-order valence-corrected chi connectivity index (χ4v) is 7.34. The molecule has 0 amide bonds. The molecule has 0 aliphatic rings. The first kappa shape index (κ1) is 32.0. The first-order chi connectivity index (χ1) is 26.3. The highest BCUT2D eigenvalue weighted by Crippen LogP contribution is 2.40. The van der Waals surface area contributed by atoms with Gasteiger partial charge in [0, 0.05) is 17.1 Å². The molecule has 0 N–H and O–H groups in total. The molecule has 0 aromatic heterocycles. The zero-order chi connectivity index (χ0) is 35.4. The summed E-state index contributed by atoms with van der Waals surface area (Å²) in [4.78, 5) is 2.35. The quantitative estimate of drug-likeness (QED) is 0.155. The van der Waals surface area contributed by atoms with Gasteiger partial charge in [0.2, 0.25) is 0 Å². The number of benzene rings is 9. The average Bonchev–Trinajstić information content (AvgIpc) is 3.25. The van der Waals surface area contributed by atoms with Gasteiger partial charge in [-0.1, -0.05) is 170 Å². The van der Waals surface area contributed by atoms with E-state index < -0.39 is 0 Å². The van der Waals surface area contributed by atoms with Crippen LogP contribution in [0.25, 0.3) is 66.4 Å². The van der Waals surface area contributed by atoms with Crippen molar-refractivity contribution < 1.29 is 0 Å². The zero-order valence-electron chi connectivity index (χ0n) is 29.3. The summed E-state index contributed by atoms with van der Waals surface area (Å²) >= 11 is 0. The molecule has 0 unspecified atom stereocenters. The average molecular weight is 676 g/mol. The van der Waals surface area contributed by atoms with Gasteiger partial charge in [-0.25, -0.2) is 0 Å². The predicted octanol–water partition coefficient (Wildman–Crippen LogP) is 14.6. The number of rotatable bonds is 8. The van der Waals surface area contributed by atoms with Crippen LogP contribution in [-0.4, -0.2) is 0 Å². The van der Waals surface area contributed by atoms with Gasteiger partial charge in [0.05, 0.1) is 0 Å². The van der Waals surface area contributed by atoms with E-state index in [0.29, 0.717) is 0 Å². The molecule has 9 aromatic carbocycles. The van der Waals surface area contributed by atoms with Gasteiger partial charge < -0.3 is 4.90 Å². The van der Waals surface area contributed by atoms with Gasteiger partial charge in [0.15, 0.2) is 0 Å². The van der Waals surface area contributed by atoms with Crippen LogP contribution in [0.15, 0.2) is 224 Å². The molecule has 0 saturated carbocycles. The number of hydrogen-bond donors (Lipinski definition) is 0. The molecule has 250 valence electrons. The molecule has 9 rings (SSSR count). The first-order valence-electron chi connectivity index (χ1n) is 18.2. The number of nitrogens with zero attached hydrogens (tertiary/aromatic N) is 1. The topological polar surface area (TPSA) is 3.24 Å². The molecule has 0 aliphatic heterocycles. The van der Waals surface area contributed by atoms with Crippen molar-refractivity contribution in [1.82, 2.24) is 0 Å². The van der Waals surface area contributed by atoms with Crippen molar-refractivity contribution in [2.75, 3.05) is 4.90 Å². The van der Waals surface area contributed by atoms with E-state index in [2.05, 4.69) is 229 Å². The Kier molecular flexibility index (Phi) is 8.66. The molecule has 0 aliphatic carbocycles. The van der Waals surface area contributed by atoms with Crippen LogP contribution < -0.4 is 4.90 Å². The monoisotopic (exact) mass is 675 g/mol. The molecular formula is C52H37N. The summed E-state index contributed by atoms with van der Waals surface area (Å²) in [6.07, 6.45) is 0. The maximum absolute atomic E-state index is 2.35. The lowest BCUT2D eigenvalue weighted by Crippen LogP contribution is -2.10. The van der Waals surface area contributed by atoms with Crippen molar-refractivity contribution in [1.29, 1.82) is 0 Å². The highest BCUT2D eigenvalue weighted by atomic mass is 15.1. The van der Waals surface area contributed by atoms with Gasteiger partial charge in [0.25, 0.3) is 0 Å². The van der Waals surface area contributed by atoms with Crippen LogP contribution in [0.4, 0.5) is 17.1 Å². The van der Waals surface area contributed by atoms with Crippen LogP contribution in [0.1, 0.15) is 0 Å². The van der Waals surface area contributed by atoms with Crippen LogP contribution in [0.2, 0.25) is 0 Å². The second-order valence-electron chi connectivity index (χ2n) is 13.4. The summed E-state index contributed by atoms with van der Waals surface area (Å²) < 4.78 is 0. The zero-order valence-corrected chi connectivity index (χ0v) is 29.3. The summed E-state index contributed by atoms with van der Waals surface area (Å²) in [5.41, 5.74) is 15.3. The normalized spacial score (nSPS) is 11.0. The molecule has 1 nitrogen and oxygen atoms in total. The minimum atomic E-state index is 1.10. The van der Waals surface area contributed by atoms with E-state index in [4.69, 9.17) is 0 Å². The fraction of sp³-hybridized carbons (Fsp3) is 0. The Balaban J connectivity index is 1.13. The lowest BCUT2D eigenvalue weighted by atomic mass is 9.90. The Morgan fingerprint density at radius 3 is 1.11 bits per heavy atom. The minimum absolute atomic E-state index is 1.10. The van der Waals surface area contributed by atoms with E-state index in [-0.39, 0.29) is 0 Å². The van der Waals surface area contributed by atoms with Crippen molar-refractivity contribution in [3.63, 3.8) is 0 Å².